The molecule has 1 aliphatic rings. The van der Waals surface area contributed by atoms with Crippen molar-refractivity contribution in [3.63, 3.8) is 0 Å². The van der Waals surface area contributed by atoms with E-state index in [9.17, 15) is 4.79 Å². The van der Waals surface area contributed by atoms with E-state index in [0.29, 0.717) is 11.3 Å². The van der Waals surface area contributed by atoms with Gasteiger partial charge in [0.15, 0.2) is 0 Å². The topological polar surface area (TPSA) is 29.1 Å². The molecule has 1 fully saturated rings. The lowest BCUT2D eigenvalue weighted by Gasteiger charge is -2.11. The van der Waals surface area contributed by atoms with Crippen LogP contribution in [0.25, 0.3) is 0 Å². The Kier molecular flexibility index (Phi) is 5.64. The molecule has 1 aromatic carbocycles. The highest BCUT2D eigenvalue weighted by molar-refractivity contribution is 8.13. The van der Waals surface area contributed by atoms with Crippen LogP contribution in [0.4, 0.5) is 4.79 Å². The van der Waals surface area contributed by atoms with Crippen LogP contribution in [-0.4, -0.2) is 16.5 Å². The molecule has 19 heavy (non-hydrogen) atoms. The van der Waals surface area contributed by atoms with Crippen LogP contribution in [0.5, 0.6) is 0 Å². The normalized spacial score (nSPS) is 15.9. The lowest BCUT2D eigenvalue weighted by molar-refractivity contribution is 0.257. The monoisotopic (exact) mass is 295 g/mol. The third kappa shape index (κ3) is 5.11. The first-order valence-electron chi connectivity index (χ1n) is 6.88. The van der Waals surface area contributed by atoms with Crippen molar-refractivity contribution in [3.05, 3.63) is 24.3 Å². The van der Waals surface area contributed by atoms with Crippen molar-refractivity contribution in [2.75, 3.05) is 0 Å². The average molecular weight is 295 g/mol. The highest BCUT2D eigenvalue weighted by atomic mass is 32.2. The zero-order chi connectivity index (χ0) is 13.7. The second-order valence-corrected chi connectivity index (χ2v) is 7.85. The van der Waals surface area contributed by atoms with Gasteiger partial charge in [-0.05, 0) is 42.8 Å². The predicted octanol–water partition coefficient (Wildman–Crippen LogP) is 4.93. The summed E-state index contributed by atoms with van der Waals surface area (Å²) in [5, 5.41) is 3.75. The second kappa shape index (κ2) is 7.25. The third-order valence-electron chi connectivity index (χ3n) is 3.06. The number of hydrogen-bond donors (Lipinski definition) is 1. The summed E-state index contributed by atoms with van der Waals surface area (Å²) in [5.74, 6) is 0. The van der Waals surface area contributed by atoms with Crippen molar-refractivity contribution in [1.82, 2.24) is 5.32 Å². The fourth-order valence-electron chi connectivity index (χ4n) is 2.26. The summed E-state index contributed by atoms with van der Waals surface area (Å²) in [7, 11) is 0. The van der Waals surface area contributed by atoms with Gasteiger partial charge in [0.05, 0.1) is 0 Å². The zero-order valence-corrected chi connectivity index (χ0v) is 13.2. The number of amides is 1. The van der Waals surface area contributed by atoms with Crippen molar-refractivity contribution in [2.24, 2.45) is 0 Å². The minimum atomic E-state index is 0.0820. The van der Waals surface area contributed by atoms with E-state index in [1.165, 1.54) is 29.5 Å². The van der Waals surface area contributed by atoms with Crippen LogP contribution in [0.1, 0.15) is 39.5 Å². The molecule has 0 aliphatic heterocycles. The maximum absolute atomic E-state index is 11.9. The molecule has 0 bridgehead atoms. The molecule has 0 atom stereocenters. The van der Waals surface area contributed by atoms with E-state index in [1.807, 2.05) is 23.9 Å². The molecule has 4 heteroatoms. The maximum Gasteiger partial charge on any atom is 0.284 e. The van der Waals surface area contributed by atoms with Gasteiger partial charge in [-0.25, -0.2) is 0 Å². The number of benzene rings is 1. The van der Waals surface area contributed by atoms with E-state index in [-0.39, 0.29) is 5.24 Å². The molecule has 0 aromatic heterocycles. The van der Waals surface area contributed by atoms with Crippen LogP contribution >= 0.6 is 23.5 Å². The van der Waals surface area contributed by atoms with Gasteiger partial charge in [-0.15, -0.1) is 11.8 Å². The van der Waals surface area contributed by atoms with E-state index in [2.05, 4.69) is 31.3 Å². The average Bonchev–Trinajstić information content (AvgIpc) is 2.81. The highest BCUT2D eigenvalue weighted by Crippen LogP contribution is 2.28. The summed E-state index contributed by atoms with van der Waals surface area (Å²) in [4.78, 5) is 14.2. The van der Waals surface area contributed by atoms with Gasteiger partial charge in [-0.2, -0.15) is 0 Å². The van der Waals surface area contributed by atoms with Crippen molar-refractivity contribution >= 4 is 28.8 Å². The molecule has 0 radical (unpaired) electrons. The molecule has 1 N–H and O–H groups in total. The van der Waals surface area contributed by atoms with Crippen molar-refractivity contribution in [2.45, 2.75) is 60.6 Å². The summed E-state index contributed by atoms with van der Waals surface area (Å²) in [6.45, 7) is 4.36. The molecule has 1 amide bonds. The SMILES string of the molecule is CC(C)Sc1cccc(SC(=O)NC2CCCC2)c1. The summed E-state index contributed by atoms with van der Waals surface area (Å²) in [6.07, 6.45) is 4.76. The largest absolute Gasteiger partial charge is 0.344 e. The molecule has 0 spiro atoms. The Bertz CT molecular complexity index is 428. The van der Waals surface area contributed by atoms with Crippen LogP contribution in [0.15, 0.2) is 34.1 Å². The number of thioether (sulfide) groups is 2. The van der Waals surface area contributed by atoms with Gasteiger partial charge in [0.2, 0.25) is 0 Å². The van der Waals surface area contributed by atoms with Gasteiger partial charge in [-0.3, -0.25) is 4.79 Å². The number of nitrogens with one attached hydrogen (secondary N) is 1. The summed E-state index contributed by atoms with van der Waals surface area (Å²) < 4.78 is 0. The minimum absolute atomic E-state index is 0.0820. The van der Waals surface area contributed by atoms with Gasteiger partial charge in [0.25, 0.3) is 5.24 Å². The first-order chi connectivity index (χ1) is 9.13. The molecule has 2 rings (SSSR count). The highest BCUT2D eigenvalue weighted by Gasteiger charge is 2.17. The molecule has 104 valence electrons. The van der Waals surface area contributed by atoms with Crippen LogP contribution in [-0.2, 0) is 0 Å². The van der Waals surface area contributed by atoms with Gasteiger partial charge in [0.1, 0.15) is 0 Å². The van der Waals surface area contributed by atoms with E-state index in [4.69, 9.17) is 0 Å². The Balaban J connectivity index is 1.88. The van der Waals surface area contributed by atoms with Crippen LogP contribution in [0.3, 0.4) is 0 Å². The van der Waals surface area contributed by atoms with Crippen molar-refractivity contribution < 1.29 is 4.79 Å². The Morgan fingerprint density at radius 1 is 1.26 bits per heavy atom. The van der Waals surface area contributed by atoms with E-state index >= 15 is 0 Å². The van der Waals surface area contributed by atoms with E-state index in [1.54, 1.807) is 0 Å². The van der Waals surface area contributed by atoms with Crippen molar-refractivity contribution in [1.29, 1.82) is 0 Å². The molecule has 0 unspecified atom stereocenters. The van der Waals surface area contributed by atoms with Crippen molar-refractivity contribution in [3.8, 4) is 0 Å². The van der Waals surface area contributed by atoms with Gasteiger partial charge < -0.3 is 5.32 Å². The number of hydrogen-bond acceptors (Lipinski definition) is 3. The number of rotatable bonds is 4. The Hall–Kier alpha value is -0.610. The molecular formula is C15H21NOS2. The minimum Gasteiger partial charge on any atom is -0.344 e. The zero-order valence-electron chi connectivity index (χ0n) is 11.5. The van der Waals surface area contributed by atoms with Crippen LogP contribution < -0.4 is 5.32 Å². The summed E-state index contributed by atoms with van der Waals surface area (Å²) in [5.41, 5.74) is 0. The molecule has 1 aliphatic carbocycles. The molecule has 0 heterocycles. The van der Waals surface area contributed by atoms with Crippen LogP contribution in [0.2, 0.25) is 0 Å². The first kappa shape index (κ1) is 14.8. The van der Waals surface area contributed by atoms with E-state index < -0.39 is 0 Å². The Morgan fingerprint density at radius 3 is 2.63 bits per heavy atom. The second-order valence-electron chi connectivity index (χ2n) is 5.16. The lowest BCUT2D eigenvalue weighted by Crippen LogP contribution is -2.29. The van der Waals surface area contributed by atoms with E-state index in [0.717, 1.165) is 17.7 Å². The van der Waals surface area contributed by atoms with Gasteiger partial charge >= 0.3 is 0 Å². The molecule has 1 saturated carbocycles. The maximum atomic E-state index is 11.9. The molecule has 2 nitrogen and oxygen atoms in total. The smallest absolute Gasteiger partial charge is 0.284 e. The fraction of sp³-hybridized carbons (Fsp3) is 0.533. The molecule has 1 aromatic rings. The number of carbonyl (C=O) groups is 1. The lowest BCUT2D eigenvalue weighted by atomic mass is 10.3. The summed E-state index contributed by atoms with van der Waals surface area (Å²) >= 11 is 3.14. The quantitative estimate of drug-likeness (QED) is 0.798. The molecule has 0 saturated heterocycles. The standard InChI is InChI=1S/C15H21NOS2/c1-11(2)18-13-8-5-9-14(10-13)19-15(17)16-12-6-3-4-7-12/h5,8-12H,3-4,6-7H2,1-2H3,(H,16,17). The third-order valence-corrected chi connectivity index (χ3v) is 4.86. The van der Waals surface area contributed by atoms with Gasteiger partial charge in [0, 0.05) is 21.1 Å². The summed E-state index contributed by atoms with van der Waals surface area (Å²) in [6, 6.07) is 8.63. The first-order valence-corrected chi connectivity index (χ1v) is 8.58. The fourth-order valence-corrected chi connectivity index (χ4v) is 4.00. The molecular weight excluding hydrogens is 274 g/mol. The Morgan fingerprint density at radius 2 is 1.95 bits per heavy atom. The predicted molar refractivity (Wildman–Crippen MR) is 84.1 cm³/mol. The Labute approximate surface area is 124 Å². The number of carbonyl (C=O) groups excluding carboxylic acids is 1. The van der Waals surface area contributed by atoms with Gasteiger partial charge in [-0.1, -0.05) is 32.8 Å². The van der Waals surface area contributed by atoms with Crippen LogP contribution in [0, 0.1) is 0 Å².